The Morgan fingerprint density at radius 3 is 2.56 bits per heavy atom. The topological polar surface area (TPSA) is 54.4 Å². The number of carboxylic acid groups (broad SMARTS) is 1. The predicted octanol–water partition coefficient (Wildman–Crippen LogP) is 3.05. The zero-order chi connectivity index (χ0) is 12.3. The van der Waals surface area contributed by atoms with Gasteiger partial charge >= 0.3 is 5.97 Å². The maximum Gasteiger partial charge on any atom is 0.304 e. The molecule has 0 saturated heterocycles. The van der Waals surface area contributed by atoms with Gasteiger partial charge in [0.1, 0.15) is 0 Å². The first-order chi connectivity index (χ1) is 7.41. The summed E-state index contributed by atoms with van der Waals surface area (Å²) in [5.41, 5.74) is 1.59. The first-order valence-electron chi connectivity index (χ1n) is 4.94. The summed E-state index contributed by atoms with van der Waals surface area (Å²) in [6, 6.07) is 5.29. The van der Waals surface area contributed by atoms with Crippen LogP contribution in [0.3, 0.4) is 0 Å². The van der Waals surface area contributed by atoms with Crippen molar-refractivity contribution < 1.29 is 14.7 Å². The summed E-state index contributed by atoms with van der Waals surface area (Å²) in [5, 5.41) is 8.62. The molecule has 4 heteroatoms. The fourth-order valence-electron chi connectivity index (χ4n) is 1.39. The number of carboxylic acids is 1. The fraction of sp³-hybridized carbons (Fsp3) is 0.333. The lowest BCUT2D eigenvalue weighted by Crippen LogP contribution is -2.15. The van der Waals surface area contributed by atoms with E-state index in [1.807, 2.05) is 13.0 Å². The van der Waals surface area contributed by atoms with Gasteiger partial charge in [0.25, 0.3) is 0 Å². The zero-order valence-electron chi connectivity index (χ0n) is 9.16. The van der Waals surface area contributed by atoms with Crippen LogP contribution in [-0.2, 0) is 4.79 Å². The van der Waals surface area contributed by atoms with Crippen LogP contribution >= 0.6 is 15.9 Å². The number of carbonyl (C=O) groups is 2. The number of Topliss-reactive ketones (excluding diaryl/α,β-unsaturated/α-hetero) is 1. The third-order valence-corrected chi connectivity index (χ3v) is 3.24. The molecule has 0 aliphatic rings. The van der Waals surface area contributed by atoms with Crippen LogP contribution in [0, 0.1) is 12.8 Å². The van der Waals surface area contributed by atoms with E-state index in [0.717, 1.165) is 10.0 Å². The Bertz CT molecular complexity index is 426. The predicted molar refractivity (Wildman–Crippen MR) is 64.6 cm³/mol. The fourth-order valence-corrected chi connectivity index (χ4v) is 1.76. The van der Waals surface area contributed by atoms with Crippen molar-refractivity contribution in [1.82, 2.24) is 0 Å². The largest absolute Gasteiger partial charge is 0.481 e. The van der Waals surface area contributed by atoms with E-state index in [1.54, 1.807) is 19.1 Å². The first-order valence-corrected chi connectivity index (χ1v) is 5.73. The molecule has 1 unspecified atom stereocenters. The van der Waals surface area contributed by atoms with Gasteiger partial charge in [-0.1, -0.05) is 35.0 Å². The molecule has 0 heterocycles. The number of aliphatic carboxylic acids is 1. The molecule has 1 rings (SSSR count). The van der Waals surface area contributed by atoms with Gasteiger partial charge in [-0.3, -0.25) is 9.59 Å². The molecule has 1 aromatic rings. The zero-order valence-corrected chi connectivity index (χ0v) is 10.7. The van der Waals surface area contributed by atoms with E-state index < -0.39 is 11.9 Å². The van der Waals surface area contributed by atoms with Crippen molar-refractivity contribution in [2.45, 2.75) is 20.3 Å². The van der Waals surface area contributed by atoms with E-state index in [0.29, 0.717) is 5.56 Å². The monoisotopic (exact) mass is 284 g/mol. The van der Waals surface area contributed by atoms with Gasteiger partial charge in [0, 0.05) is 16.0 Å². The summed E-state index contributed by atoms with van der Waals surface area (Å²) in [4.78, 5) is 22.4. The minimum absolute atomic E-state index is 0.135. The highest BCUT2D eigenvalue weighted by molar-refractivity contribution is 9.10. The Kier molecular flexibility index (Phi) is 4.24. The Labute approximate surface area is 103 Å². The van der Waals surface area contributed by atoms with E-state index >= 15 is 0 Å². The number of aryl methyl sites for hydroxylation is 1. The summed E-state index contributed by atoms with van der Waals surface area (Å²) in [6.45, 7) is 3.56. The van der Waals surface area contributed by atoms with Gasteiger partial charge in [-0.15, -0.1) is 0 Å². The average Bonchev–Trinajstić information content (AvgIpc) is 2.20. The molecule has 0 bridgehead atoms. The second-order valence-corrected chi connectivity index (χ2v) is 4.68. The van der Waals surface area contributed by atoms with Crippen molar-refractivity contribution in [2.75, 3.05) is 0 Å². The van der Waals surface area contributed by atoms with Crippen molar-refractivity contribution in [1.29, 1.82) is 0 Å². The molecule has 0 aliphatic heterocycles. The molecule has 1 aromatic carbocycles. The Morgan fingerprint density at radius 1 is 1.44 bits per heavy atom. The lowest BCUT2D eigenvalue weighted by atomic mass is 9.96. The van der Waals surface area contributed by atoms with Crippen LogP contribution in [0.2, 0.25) is 0 Å². The third kappa shape index (κ3) is 3.17. The van der Waals surface area contributed by atoms with Gasteiger partial charge in [-0.25, -0.2) is 0 Å². The molecule has 0 aromatic heterocycles. The quantitative estimate of drug-likeness (QED) is 0.865. The number of hydrogen-bond donors (Lipinski definition) is 1. The Hall–Kier alpha value is -1.16. The smallest absolute Gasteiger partial charge is 0.304 e. The number of halogens is 1. The molecule has 0 spiro atoms. The minimum atomic E-state index is -0.952. The summed E-state index contributed by atoms with van der Waals surface area (Å²) in [5.74, 6) is -1.58. The highest BCUT2D eigenvalue weighted by Gasteiger charge is 2.18. The average molecular weight is 285 g/mol. The lowest BCUT2D eigenvalue weighted by Gasteiger charge is -2.08. The van der Waals surface area contributed by atoms with E-state index in [4.69, 9.17) is 5.11 Å². The van der Waals surface area contributed by atoms with Crippen molar-refractivity contribution in [3.05, 3.63) is 33.8 Å². The second kappa shape index (κ2) is 5.25. The lowest BCUT2D eigenvalue weighted by molar-refractivity contribution is -0.137. The maximum atomic E-state index is 11.9. The van der Waals surface area contributed by atoms with Crippen molar-refractivity contribution >= 4 is 27.7 Å². The standard InChI is InChI=1S/C12H13BrO3/c1-7-3-4-9(6-10(7)13)12(16)8(2)5-11(14)15/h3-4,6,8H,5H2,1-2H3,(H,14,15). The van der Waals surface area contributed by atoms with Crippen LogP contribution in [0.5, 0.6) is 0 Å². The third-order valence-electron chi connectivity index (χ3n) is 2.38. The molecule has 0 amide bonds. The van der Waals surface area contributed by atoms with Gasteiger partial charge in [-0.2, -0.15) is 0 Å². The molecule has 86 valence electrons. The maximum absolute atomic E-state index is 11.9. The number of carbonyl (C=O) groups excluding carboxylic acids is 1. The molecule has 0 aliphatic carbocycles. The molecular weight excluding hydrogens is 272 g/mol. The van der Waals surface area contributed by atoms with Crippen molar-refractivity contribution in [2.24, 2.45) is 5.92 Å². The van der Waals surface area contributed by atoms with E-state index in [1.165, 1.54) is 0 Å². The molecule has 1 atom stereocenters. The minimum Gasteiger partial charge on any atom is -0.481 e. The molecule has 16 heavy (non-hydrogen) atoms. The van der Waals surface area contributed by atoms with Crippen LogP contribution in [0.4, 0.5) is 0 Å². The Balaban J connectivity index is 2.88. The van der Waals surface area contributed by atoms with Gasteiger partial charge in [-0.05, 0) is 18.6 Å². The number of benzene rings is 1. The summed E-state index contributed by atoms with van der Waals surface area (Å²) in [6.07, 6.45) is -0.135. The van der Waals surface area contributed by atoms with Crippen LogP contribution < -0.4 is 0 Å². The van der Waals surface area contributed by atoms with Crippen molar-refractivity contribution in [3.8, 4) is 0 Å². The number of hydrogen-bond acceptors (Lipinski definition) is 2. The summed E-state index contributed by atoms with van der Waals surface area (Å²) >= 11 is 3.35. The van der Waals surface area contributed by atoms with E-state index in [2.05, 4.69) is 15.9 Å². The molecular formula is C12H13BrO3. The summed E-state index contributed by atoms with van der Waals surface area (Å²) < 4.78 is 0.862. The summed E-state index contributed by atoms with van der Waals surface area (Å²) in [7, 11) is 0. The molecule has 3 nitrogen and oxygen atoms in total. The molecule has 0 fully saturated rings. The van der Waals surface area contributed by atoms with Crippen LogP contribution in [-0.4, -0.2) is 16.9 Å². The second-order valence-electron chi connectivity index (χ2n) is 3.83. The highest BCUT2D eigenvalue weighted by atomic mass is 79.9. The van der Waals surface area contributed by atoms with Gasteiger partial charge < -0.3 is 5.11 Å². The van der Waals surface area contributed by atoms with Crippen molar-refractivity contribution in [3.63, 3.8) is 0 Å². The molecule has 1 N–H and O–H groups in total. The first kappa shape index (κ1) is 12.9. The number of rotatable bonds is 4. The number of ketones is 1. The van der Waals surface area contributed by atoms with Crippen LogP contribution in [0.15, 0.2) is 22.7 Å². The van der Waals surface area contributed by atoms with Gasteiger partial charge in [0.05, 0.1) is 6.42 Å². The SMILES string of the molecule is Cc1ccc(C(=O)C(C)CC(=O)O)cc1Br. The van der Waals surface area contributed by atoms with Gasteiger partial charge in [0.15, 0.2) is 5.78 Å². The normalized spacial score (nSPS) is 12.2. The van der Waals surface area contributed by atoms with Gasteiger partial charge in [0.2, 0.25) is 0 Å². The van der Waals surface area contributed by atoms with E-state index in [-0.39, 0.29) is 12.2 Å². The van der Waals surface area contributed by atoms with Crippen LogP contribution in [0.25, 0.3) is 0 Å². The molecule has 0 saturated carbocycles. The Morgan fingerprint density at radius 2 is 2.06 bits per heavy atom. The van der Waals surface area contributed by atoms with Crippen LogP contribution in [0.1, 0.15) is 29.3 Å². The molecule has 0 radical (unpaired) electrons. The highest BCUT2D eigenvalue weighted by Crippen LogP contribution is 2.20. The van der Waals surface area contributed by atoms with E-state index in [9.17, 15) is 9.59 Å².